The Hall–Kier alpha value is -2.36. The molecule has 3 rings (SSSR count). The highest BCUT2D eigenvalue weighted by Crippen LogP contribution is 2.33. The summed E-state index contributed by atoms with van der Waals surface area (Å²) >= 11 is 0. The third-order valence-electron chi connectivity index (χ3n) is 4.33. The Morgan fingerprint density at radius 1 is 1.18 bits per heavy atom. The number of amides is 1. The number of carbonyl (C=O) groups excluding carboxylic acids is 1. The number of hydrogen-bond donors (Lipinski definition) is 0. The standard InChI is InChI=1S/C18H20N2O2/c1-14-7-2-3-8-15(14)16-9-6-12-20(16)18(22)13-19-11-5-4-10-17(19)21/h2-5,7-8,10-11,16H,6,9,12-13H2,1H3. The Kier molecular flexibility index (Phi) is 4.09. The van der Waals surface area contributed by atoms with Crippen LogP contribution in [0.25, 0.3) is 0 Å². The molecular formula is C18H20N2O2. The van der Waals surface area contributed by atoms with Crippen LogP contribution in [-0.4, -0.2) is 21.9 Å². The summed E-state index contributed by atoms with van der Waals surface area (Å²) in [6, 6.07) is 13.3. The van der Waals surface area contributed by atoms with Crippen molar-refractivity contribution < 1.29 is 4.79 Å². The molecule has 0 radical (unpaired) electrons. The summed E-state index contributed by atoms with van der Waals surface area (Å²) in [6.07, 6.45) is 3.66. The van der Waals surface area contributed by atoms with Crippen LogP contribution in [0.1, 0.15) is 30.0 Å². The van der Waals surface area contributed by atoms with E-state index in [-0.39, 0.29) is 24.1 Å². The molecule has 0 saturated carbocycles. The Morgan fingerprint density at radius 3 is 2.73 bits per heavy atom. The van der Waals surface area contributed by atoms with E-state index < -0.39 is 0 Å². The normalized spacial score (nSPS) is 17.7. The molecule has 0 spiro atoms. The topological polar surface area (TPSA) is 42.3 Å². The summed E-state index contributed by atoms with van der Waals surface area (Å²) in [4.78, 5) is 26.3. The van der Waals surface area contributed by atoms with Crippen LogP contribution in [0, 0.1) is 6.92 Å². The van der Waals surface area contributed by atoms with Gasteiger partial charge in [-0.2, -0.15) is 0 Å². The summed E-state index contributed by atoms with van der Waals surface area (Å²) in [5.74, 6) is 0.0130. The summed E-state index contributed by atoms with van der Waals surface area (Å²) < 4.78 is 1.47. The van der Waals surface area contributed by atoms with Gasteiger partial charge >= 0.3 is 0 Å². The van der Waals surface area contributed by atoms with Gasteiger partial charge in [-0.3, -0.25) is 9.59 Å². The molecule has 0 N–H and O–H groups in total. The van der Waals surface area contributed by atoms with Crippen molar-refractivity contribution in [3.8, 4) is 0 Å². The average Bonchev–Trinajstić information content (AvgIpc) is 2.99. The van der Waals surface area contributed by atoms with Crippen molar-refractivity contribution in [3.05, 3.63) is 70.1 Å². The van der Waals surface area contributed by atoms with E-state index in [1.54, 1.807) is 18.3 Å². The molecule has 114 valence electrons. The molecule has 1 aromatic carbocycles. The fourth-order valence-corrected chi connectivity index (χ4v) is 3.18. The van der Waals surface area contributed by atoms with Gasteiger partial charge in [-0.05, 0) is 37.0 Å². The van der Waals surface area contributed by atoms with E-state index >= 15 is 0 Å². The van der Waals surface area contributed by atoms with Crippen LogP contribution in [-0.2, 0) is 11.3 Å². The highest BCUT2D eigenvalue weighted by Gasteiger charge is 2.30. The van der Waals surface area contributed by atoms with E-state index in [0.717, 1.165) is 19.4 Å². The van der Waals surface area contributed by atoms with E-state index in [0.29, 0.717) is 0 Å². The first-order valence-electron chi connectivity index (χ1n) is 7.67. The number of rotatable bonds is 3. The van der Waals surface area contributed by atoms with Gasteiger partial charge in [0.15, 0.2) is 0 Å². The lowest BCUT2D eigenvalue weighted by molar-refractivity contribution is -0.132. The minimum absolute atomic E-state index is 0.0130. The van der Waals surface area contributed by atoms with Crippen molar-refractivity contribution >= 4 is 5.91 Å². The number of nitrogens with zero attached hydrogens (tertiary/aromatic N) is 2. The van der Waals surface area contributed by atoms with E-state index in [9.17, 15) is 9.59 Å². The Balaban J connectivity index is 1.81. The second-order valence-electron chi connectivity index (χ2n) is 5.77. The van der Waals surface area contributed by atoms with Gasteiger partial charge in [-0.15, -0.1) is 0 Å². The van der Waals surface area contributed by atoms with Crippen molar-refractivity contribution in [1.82, 2.24) is 9.47 Å². The van der Waals surface area contributed by atoms with E-state index in [1.807, 2.05) is 17.0 Å². The Morgan fingerprint density at radius 2 is 1.95 bits per heavy atom. The number of hydrogen-bond acceptors (Lipinski definition) is 2. The van der Waals surface area contributed by atoms with Gasteiger partial charge in [0.25, 0.3) is 5.56 Å². The van der Waals surface area contributed by atoms with Gasteiger partial charge in [0.2, 0.25) is 5.91 Å². The van der Waals surface area contributed by atoms with Crippen LogP contribution in [0.3, 0.4) is 0 Å². The smallest absolute Gasteiger partial charge is 0.250 e. The number of benzene rings is 1. The molecule has 1 aliphatic rings. The van der Waals surface area contributed by atoms with Crippen molar-refractivity contribution in [3.63, 3.8) is 0 Å². The van der Waals surface area contributed by atoms with Crippen LogP contribution in [0.2, 0.25) is 0 Å². The van der Waals surface area contributed by atoms with Crippen LogP contribution in [0.15, 0.2) is 53.5 Å². The molecule has 1 fully saturated rings. The lowest BCUT2D eigenvalue weighted by atomic mass is 9.99. The molecule has 1 saturated heterocycles. The zero-order valence-corrected chi connectivity index (χ0v) is 12.7. The Bertz CT molecular complexity index is 736. The van der Waals surface area contributed by atoms with Crippen LogP contribution in [0.5, 0.6) is 0 Å². The lowest BCUT2D eigenvalue weighted by Gasteiger charge is -2.26. The first-order chi connectivity index (χ1) is 10.7. The molecule has 1 unspecified atom stereocenters. The molecule has 22 heavy (non-hydrogen) atoms. The van der Waals surface area contributed by atoms with E-state index in [1.165, 1.54) is 21.8 Å². The van der Waals surface area contributed by atoms with Crippen molar-refractivity contribution in [2.75, 3.05) is 6.54 Å². The molecule has 1 aromatic heterocycles. The molecule has 1 aliphatic heterocycles. The zero-order valence-electron chi connectivity index (χ0n) is 12.7. The molecule has 2 heterocycles. The maximum absolute atomic E-state index is 12.6. The van der Waals surface area contributed by atoms with E-state index in [2.05, 4.69) is 19.1 Å². The molecule has 4 heteroatoms. The first-order valence-corrected chi connectivity index (χ1v) is 7.67. The van der Waals surface area contributed by atoms with Crippen molar-refractivity contribution in [1.29, 1.82) is 0 Å². The molecule has 0 bridgehead atoms. The SMILES string of the molecule is Cc1ccccc1C1CCCN1C(=O)Cn1ccccc1=O. The quantitative estimate of drug-likeness (QED) is 0.873. The largest absolute Gasteiger partial charge is 0.334 e. The second-order valence-corrected chi connectivity index (χ2v) is 5.77. The second kappa shape index (κ2) is 6.18. The average molecular weight is 296 g/mol. The minimum atomic E-state index is -0.137. The molecule has 4 nitrogen and oxygen atoms in total. The van der Waals surface area contributed by atoms with E-state index in [4.69, 9.17) is 0 Å². The third kappa shape index (κ3) is 2.82. The maximum Gasteiger partial charge on any atom is 0.250 e. The number of carbonyl (C=O) groups is 1. The molecular weight excluding hydrogens is 276 g/mol. The van der Waals surface area contributed by atoms with Gasteiger partial charge in [0.05, 0.1) is 6.04 Å². The van der Waals surface area contributed by atoms with Gasteiger partial charge < -0.3 is 9.47 Å². The maximum atomic E-state index is 12.6. The summed E-state index contributed by atoms with van der Waals surface area (Å²) in [5.41, 5.74) is 2.29. The third-order valence-corrected chi connectivity index (χ3v) is 4.33. The highest BCUT2D eigenvalue weighted by molar-refractivity contribution is 5.77. The summed E-state index contributed by atoms with van der Waals surface area (Å²) in [7, 11) is 0. The zero-order chi connectivity index (χ0) is 15.5. The number of pyridine rings is 1. The number of aromatic nitrogens is 1. The van der Waals surface area contributed by atoms with Gasteiger partial charge in [-0.25, -0.2) is 0 Å². The van der Waals surface area contributed by atoms with Gasteiger partial charge in [0.1, 0.15) is 6.54 Å². The summed E-state index contributed by atoms with van der Waals surface area (Å²) in [5, 5.41) is 0. The fourth-order valence-electron chi connectivity index (χ4n) is 3.18. The number of likely N-dealkylation sites (tertiary alicyclic amines) is 1. The Labute approximate surface area is 130 Å². The van der Waals surface area contributed by atoms with Gasteiger partial charge in [0, 0.05) is 18.8 Å². The molecule has 1 amide bonds. The van der Waals surface area contributed by atoms with Crippen LogP contribution < -0.4 is 5.56 Å². The lowest BCUT2D eigenvalue weighted by Crippen LogP contribution is -2.36. The predicted octanol–water partition coefficient (Wildman–Crippen LogP) is 2.52. The van der Waals surface area contributed by atoms with Crippen molar-refractivity contribution in [2.45, 2.75) is 32.4 Å². The monoisotopic (exact) mass is 296 g/mol. The van der Waals surface area contributed by atoms with Crippen LogP contribution in [0.4, 0.5) is 0 Å². The van der Waals surface area contributed by atoms with Gasteiger partial charge in [-0.1, -0.05) is 30.3 Å². The summed E-state index contributed by atoms with van der Waals surface area (Å²) in [6.45, 7) is 2.96. The first kappa shape index (κ1) is 14.6. The number of aryl methyl sites for hydroxylation is 1. The van der Waals surface area contributed by atoms with Crippen LogP contribution >= 0.6 is 0 Å². The fraction of sp³-hybridized carbons (Fsp3) is 0.333. The van der Waals surface area contributed by atoms with Crippen molar-refractivity contribution in [2.24, 2.45) is 0 Å². The minimum Gasteiger partial charge on any atom is -0.334 e. The molecule has 2 aromatic rings. The molecule has 0 aliphatic carbocycles. The molecule has 1 atom stereocenters. The predicted molar refractivity (Wildman–Crippen MR) is 85.6 cm³/mol. The highest BCUT2D eigenvalue weighted by atomic mass is 16.2.